The number of nitrogens with one attached hydrogen (secondary N) is 1. The monoisotopic (exact) mass is 393 g/mol. The summed E-state index contributed by atoms with van der Waals surface area (Å²) in [5.41, 5.74) is 5.59. The van der Waals surface area contributed by atoms with Gasteiger partial charge in [0.1, 0.15) is 5.82 Å². The zero-order valence-electron chi connectivity index (χ0n) is 18.2. The Morgan fingerprint density at radius 1 is 1.17 bits per heavy atom. The molecule has 0 atom stereocenters. The van der Waals surface area contributed by atoms with Crippen LogP contribution in [0.15, 0.2) is 83.0 Å². The first-order valence-corrected chi connectivity index (χ1v) is 10.2. The number of carbonyl (C=O) groups is 1. The van der Waals surface area contributed by atoms with Crippen molar-refractivity contribution in [2.45, 2.75) is 53.9 Å². The lowest BCUT2D eigenvalue weighted by Gasteiger charge is -2.32. The van der Waals surface area contributed by atoms with Gasteiger partial charge in [0.05, 0.1) is 0 Å². The van der Waals surface area contributed by atoms with E-state index in [9.17, 15) is 9.18 Å². The molecule has 1 aliphatic rings. The molecular weight excluding hydrogens is 361 g/mol. The second kappa shape index (κ2) is 10.2. The molecule has 1 aromatic rings. The molecule has 3 heteroatoms. The number of hydrogen-bond acceptors (Lipinski definition) is 1. The molecule has 0 fully saturated rings. The van der Waals surface area contributed by atoms with Crippen LogP contribution in [0.5, 0.6) is 0 Å². The average Bonchev–Trinajstić information content (AvgIpc) is 2.60. The Labute approximate surface area is 174 Å². The quantitative estimate of drug-likeness (QED) is 0.399. The van der Waals surface area contributed by atoms with Crippen LogP contribution in [-0.2, 0) is 4.79 Å². The Balaban J connectivity index is 1.97. The summed E-state index contributed by atoms with van der Waals surface area (Å²) in [6, 6.07) is 5.85. The zero-order valence-corrected chi connectivity index (χ0v) is 18.2. The Morgan fingerprint density at radius 2 is 1.93 bits per heavy atom. The molecule has 0 saturated carbocycles. The van der Waals surface area contributed by atoms with E-state index >= 15 is 0 Å². The lowest BCUT2D eigenvalue weighted by molar-refractivity contribution is -0.111. The van der Waals surface area contributed by atoms with Crippen molar-refractivity contribution in [1.29, 1.82) is 0 Å². The van der Waals surface area contributed by atoms with Crippen LogP contribution in [0.1, 0.15) is 53.9 Å². The number of carbonyl (C=O) groups excluding carboxylic acids is 1. The van der Waals surface area contributed by atoms with Gasteiger partial charge in [-0.3, -0.25) is 4.79 Å². The molecule has 0 spiro atoms. The first-order valence-electron chi connectivity index (χ1n) is 10.2. The predicted molar refractivity (Wildman–Crippen MR) is 121 cm³/mol. The molecule has 0 bridgehead atoms. The van der Waals surface area contributed by atoms with Gasteiger partial charge in [0.15, 0.2) is 0 Å². The molecule has 154 valence electrons. The molecule has 0 aromatic heterocycles. The largest absolute Gasteiger partial charge is 0.322 e. The van der Waals surface area contributed by atoms with Gasteiger partial charge in [0, 0.05) is 11.8 Å². The van der Waals surface area contributed by atoms with Gasteiger partial charge >= 0.3 is 0 Å². The van der Waals surface area contributed by atoms with Crippen molar-refractivity contribution < 1.29 is 9.18 Å². The van der Waals surface area contributed by atoms with Crippen molar-refractivity contribution in [2.75, 3.05) is 5.32 Å². The van der Waals surface area contributed by atoms with Crippen LogP contribution >= 0.6 is 0 Å². The lowest BCUT2D eigenvalue weighted by Crippen LogP contribution is -2.19. The van der Waals surface area contributed by atoms with Gasteiger partial charge in [-0.15, -0.1) is 0 Å². The summed E-state index contributed by atoms with van der Waals surface area (Å²) in [6.07, 6.45) is 15.5. The van der Waals surface area contributed by atoms with Gasteiger partial charge in [-0.05, 0) is 74.8 Å². The smallest absolute Gasteiger partial charge is 0.248 e. The van der Waals surface area contributed by atoms with Crippen LogP contribution in [0.4, 0.5) is 10.1 Å². The number of rotatable bonds is 6. The summed E-state index contributed by atoms with van der Waals surface area (Å²) in [7, 11) is 0. The summed E-state index contributed by atoms with van der Waals surface area (Å²) in [5.74, 6) is -0.653. The van der Waals surface area contributed by atoms with Crippen LogP contribution in [0.25, 0.3) is 0 Å². The molecule has 1 aliphatic carbocycles. The Morgan fingerprint density at radius 3 is 2.62 bits per heavy atom. The zero-order chi connectivity index (χ0) is 21.4. The highest BCUT2D eigenvalue weighted by Gasteiger charge is 2.26. The van der Waals surface area contributed by atoms with Crippen LogP contribution in [-0.4, -0.2) is 5.91 Å². The molecule has 1 aromatic carbocycles. The minimum atomic E-state index is -0.375. The molecule has 29 heavy (non-hydrogen) atoms. The number of amides is 1. The van der Waals surface area contributed by atoms with E-state index in [0.717, 1.165) is 11.1 Å². The van der Waals surface area contributed by atoms with Gasteiger partial charge < -0.3 is 5.32 Å². The molecule has 1 amide bonds. The second-order valence-corrected chi connectivity index (χ2v) is 8.42. The molecule has 2 rings (SSSR count). The fourth-order valence-corrected chi connectivity index (χ4v) is 3.63. The second-order valence-electron chi connectivity index (χ2n) is 8.42. The fraction of sp³-hybridized carbons (Fsp3) is 0.346. The van der Waals surface area contributed by atoms with Crippen molar-refractivity contribution >= 4 is 11.6 Å². The van der Waals surface area contributed by atoms with E-state index in [2.05, 4.69) is 45.2 Å². The van der Waals surface area contributed by atoms with Crippen molar-refractivity contribution in [3.63, 3.8) is 0 Å². The molecular formula is C26H32FNO. The molecule has 0 aliphatic heterocycles. The predicted octanol–water partition coefficient (Wildman–Crippen LogP) is 7.30. The van der Waals surface area contributed by atoms with Gasteiger partial charge in [0.2, 0.25) is 5.91 Å². The van der Waals surface area contributed by atoms with Gasteiger partial charge in [-0.25, -0.2) is 4.39 Å². The highest BCUT2D eigenvalue weighted by molar-refractivity contribution is 5.99. The molecule has 0 heterocycles. The number of anilines is 1. The highest BCUT2D eigenvalue weighted by Crippen LogP contribution is 2.40. The van der Waals surface area contributed by atoms with Gasteiger partial charge in [0.25, 0.3) is 0 Å². The third kappa shape index (κ3) is 7.34. The van der Waals surface area contributed by atoms with Crippen molar-refractivity contribution in [1.82, 2.24) is 0 Å². The van der Waals surface area contributed by atoms with Gasteiger partial charge in [-0.1, -0.05) is 61.4 Å². The number of halogens is 1. The van der Waals surface area contributed by atoms with Crippen molar-refractivity contribution in [2.24, 2.45) is 5.41 Å². The average molecular weight is 394 g/mol. The standard InChI is InChI=1S/C26H32FNO/c1-19(14-15-24-21(3)11-8-16-26(24,4)5)9-6-10-20(2)17-25(29)28-23-13-7-12-22(27)18-23/h6-7,9-10,12-15,17-18H,8,11,16H2,1-5H3,(H,28,29)/b10-6+,15-14+,19-9+,20-17-. The number of hydrogen-bond donors (Lipinski definition) is 1. The van der Waals surface area contributed by atoms with E-state index in [1.165, 1.54) is 48.6 Å². The van der Waals surface area contributed by atoms with E-state index in [1.807, 2.05) is 25.2 Å². The van der Waals surface area contributed by atoms with E-state index in [0.29, 0.717) is 5.69 Å². The van der Waals surface area contributed by atoms with Crippen molar-refractivity contribution in [3.05, 3.63) is 88.8 Å². The molecule has 1 N–H and O–H groups in total. The molecule has 0 saturated heterocycles. The third-order valence-corrected chi connectivity index (χ3v) is 5.22. The van der Waals surface area contributed by atoms with Crippen LogP contribution in [0, 0.1) is 11.2 Å². The summed E-state index contributed by atoms with van der Waals surface area (Å²) in [4.78, 5) is 12.0. The SMILES string of the molecule is CC1=C(/C=C/C(C)=C/C=C/C(C)=C\C(=O)Nc2cccc(F)c2)C(C)(C)CCC1. The Bertz CT molecular complexity index is 897. The minimum absolute atomic E-state index is 0.239. The molecule has 0 unspecified atom stereocenters. The minimum Gasteiger partial charge on any atom is -0.322 e. The number of benzene rings is 1. The van der Waals surface area contributed by atoms with Gasteiger partial charge in [-0.2, -0.15) is 0 Å². The summed E-state index contributed by atoms with van der Waals surface area (Å²) >= 11 is 0. The maximum Gasteiger partial charge on any atom is 0.248 e. The van der Waals surface area contributed by atoms with E-state index < -0.39 is 0 Å². The maximum atomic E-state index is 13.2. The van der Waals surface area contributed by atoms with E-state index in [1.54, 1.807) is 12.1 Å². The lowest BCUT2D eigenvalue weighted by atomic mass is 9.72. The van der Waals surface area contributed by atoms with Crippen LogP contribution < -0.4 is 5.32 Å². The van der Waals surface area contributed by atoms with E-state index in [-0.39, 0.29) is 17.1 Å². The summed E-state index contributed by atoms with van der Waals surface area (Å²) in [5, 5.41) is 2.66. The van der Waals surface area contributed by atoms with Crippen LogP contribution in [0.2, 0.25) is 0 Å². The van der Waals surface area contributed by atoms with Crippen molar-refractivity contribution in [3.8, 4) is 0 Å². The molecule has 0 radical (unpaired) electrons. The van der Waals surface area contributed by atoms with Crippen LogP contribution in [0.3, 0.4) is 0 Å². The summed E-state index contributed by atoms with van der Waals surface area (Å²) in [6.45, 7) is 10.8. The highest BCUT2D eigenvalue weighted by atomic mass is 19.1. The fourth-order valence-electron chi connectivity index (χ4n) is 3.63. The Hall–Kier alpha value is -2.68. The molecule has 2 nitrogen and oxygen atoms in total. The maximum absolute atomic E-state index is 13.2. The number of allylic oxidation sites excluding steroid dienone is 9. The first kappa shape index (κ1) is 22.6. The topological polar surface area (TPSA) is 29.1 Å². The Kier molecular flexibility index (Phi) is 7.95. The summed E-state index contributed by atoms with van der Waals surface area (Å²) < 4.78 is 13.2. The normalized spacial score (nSPS) is 18.0. The third-order valence-electron chi connectivity index (χ3n) is 5.22. The first-order chi connectivity index (χ1) is 13.7. The van der Waals surface area contributed by atoms with E-state index in [4.69, 9.17) is 0 Å².